The molecule has 96 valence electrons. The lowest BCUT2D eigenvalue weighted by atomic mass is 10.1. The summed E-state index contributed by atoms with van der Waals surface area (Å²) in [6.45, 7) is 7.47. The Morgan fingerprint density at radius 1 is 1.38 bits per heavy atom. The van der Waals surface area contributed by atoms with E-state index < -0.39 is 16.1 Å². The van der Waals surface area contributed by atoms with Crippen LogP contribution in [0.2, 0.25) is 0 Å². The summed E-state index contributed by atoms with van der Waals surface area (Å²) in [5.74, 6) is -0.345. The average Bonchev–Trinajstić information content (AvgIpc) is 1.98. The van der Waals surface area contributed by atoms with Crippen LogP contribution in [0, 0.1) is 0 Å². The number of amides is 1. The molecule has 4 N–H and O–H groups in total. The summed E-state index contributed by atoms with van der Waals surface area (Å²) >= 11 is 0. The first kappa shape index (κ1) is 15.3. The highest BCUT2D eigenvalue weighted by molar-refractivity contribution is 7.89. The van der Waals surface area contributed by atoms with Gasteiger partial charge in [-0.1, -0.05) is 0 Å². The van der Waals surface area contributed by atoms with Crippen molar-refractivity contribution in [1.82, 2.24) is 10.6 Å². The minimum absolute atomic E-state index is 0.164. The van der Waals surface area contributed by atoms with Gasteiger partial charge in [0.05, 0.1) is 11.8 Å². The Balaban J connectivity index is 3.99. The standard InChI is InChI=1S/C9H21N3O3S/c1-7(8(13)12-9(2,3)4)11-5-6-16(10,14)15/h7,11H,5-6H2,1-4H3,(H,12,13)(H2,10,14,15). The van der Waals surface area contributed by atoms with E-state index in [1.807, 2.05) is 20.8 Å². The Labute approximate surface area is 97.0 Å². The first-order chi connectivity index (χ1) is 7.01. The van der Waals surface area contributed by atoms with Gasteiger partial charge in [0.15, 0.2) is 0 Å². The molecule has 0 saturated carbocycles. The van der Waals surface area contributed by atoms with Crippen LogP contribution < -0.4 is 15.8 Å². The summed E-state index contributed by atoms with van der Waals surface area (Å²) in [7, 11) is -3.47. The van der Waals surface area contributed by atoms with Crippen molar-refractivity contribution in [3.05, 3.63) is 0 Å². The summed E-state index contributed by atoms with van der Waals surface area (Å²) in [6, 6.07) is -0.444. The third-order valence-corrected chi connectivity index (χ3v) is 2.50. The molecular formula is C9H21N3O3S. The van der Waals surface area contributed by atoms with Crippen LogP contribution in [0.1, 0.15) is 27.7 Å². The molecule has 1 atom stereocenters. The van der Waals surface area contributed by atoms with E-state index in [1.165, 1.54) is 0 Å². The van der Waals surface area contributed by atoms with Crippen molar-refractivity contribution in [1.29, 1.82) is 0 Å². The Hall–Kier alpha value is -0.660. The van der Waals surface area contributed by atoms with Gasteiger partial charge in [-0.3, -0.25) is 4.79 Å². The lowest BCUT2D eigenvalue weighted by Crippen LogP contribution is -2.50. The zero-order valence-corrected chi connectivity index (χ0v) is 11.0. The maximum absolute atomic E-state index is 11.6. The van der Waals surface area contributed by atoms with Gasteiger partial charge in [-0.15, -0.1) is 0 Å². The van der Waals surface area contributed by atoms with Crippen molar-refractivity contribution >= 4 is 15.9 Å². The molecular weight excluding hydrogens is 230 g/mol. The molecule has 0 saturated heterocycles. The third-order valence-electron chi connectivity index (χ3n) is 1.73. The summed E-state index contributed by atoms with van der Waals surface area (Å²) < 4.78 is 21.3. The molecule has 0 spiro atoms. The molecule has 16 heavy (non-hydrogen) atoms. The summed E-state index contributed by atoms with van der Waals surface area (Å²) in [6.07, 6.45) is 0. The molecule has 0 bridgehead atoms. The van der Waals surface area contributed by atoms with Crippen LogP contribution in [-0.4, -0.2) is 38.2 Å². The zero-order chi connectivity index (χ0) is 13.0. The monoisotopic (exact) mass is 251 g/mol. The highest BCUT2D eigenvalue weighted by Gasteiger charge is 2.18. The second kappa shape index (κ2) is 5.60. The molecule has 0 aromatic carbocycles. The molecule has 7 heteroatoms. The number of primary sulfonamides is 1. The van der Waals surface area contributed by atoms with Gasteiger partial charge in [0.1, 0.15) is 0 Å². The minimum Gasteiger partial charge on any atom is -0.350 e. The Bertz CT molecular complexity index is 332. The lowest BCUT2D eigenvalue weighted by molar-refractivity contribution is -0.124. The van der Waals surface area contributed by atoms with Gasteiger partial charge in [0.25, 0.3) is 0 Å². The van der Waals surface area contributed by atoms with Crippen LogP contribution >= 0.6 is 0 Å². The van der Waals surface area contributed by atoms with Gasteiger partial charge >= 0.3 is 0 Å². The van der Waals surface area contributed by atoms with E-state index in [-0.39, 0.29) is 23.7 Å². The number of nitrogens with one attached hydrogen (secondary N) is 2. The maximum atomic E-state index is 11.6. The summed E-state index contributed by atoms with van der Waals surface area (Å²) in [5.41, 5.74) is -0.299. The number of hydrogen-bond donors (Lipinski definition) is 3. The van der Waals surface area contributed by atoms with Crippen molar-refractivity contribution < 1.29 is 13.2 Å². The molecule has 0 aromatic rings. The predicted octanol–water partition coefficient (Wildman–Crippen LogP) is -0.832. The van der Waals surface area contributed by atoms with E-state index in [1.54, 1.807) is 6.92 Å². The fourth-order valence-corrected chi connectivity index (χ4v) is 1.39. The molecule has 0 aliphatic rings. The molecule has 1 amide bonds. The second-order valence-electron chi connectivity index (χ2n) is 4.78. The molecule has 1 unspecified atom stereocenters. The van der Waals surface area contributed by atoms with Crippen molar-refractivity contribution in [3.8, 4) is 0 Å². The summed E-state index contributed by atoms with van der Waals surface area (Å²) in [5, 5.41) is 10.4. The maximum Gasteiger partial charge on any atom is 0.237 e. The van der Waals surface area contributed by atoms with Gasteiger partial charge in [-0.2, -0.15) is 0 Å². The lowest BCUT2D eigenvalue weighted by Gasteiger charge is -2.23. The summed E-state index contributed by atoms with van der Waals surface area (Å²) in [4.78, 5) is 11.6. The van der Waals surface area contributed by atoms with Crippen molar-refractivity contribution in [2.24, 2.45) is 5.14 Å². The molecule has 0 aromatic heterocycles. The molecule has 0 fully saturated rings. The minimum atomic E-state index is -3.47. The normalized spacial score (nSPS) is 14.6. The topological polar surface area (TPSA) is 101 Å². The van der Waals surface area contributed by atoms with Gasteiger partial charge in [0.2, 0.25) is 15.9 Å². The first-order valence-electron chi connectivity index (χ1n) is 5.07. The largest absolute Gasteiger partial charge is 0.350 e. The van der Waals surface area contributed by atoms with Crippen LogP contribution in [0.5, 0.6) is 0 Å². The van der Waals surface area contributed by atoms with E-state index in [9.17, 15) is 13.2 Å². The SMILES string of the molecule is CC(NCCS(N)(=O)=O)C(=O)NC(C)(C)C. The highest BCUT2D eigenvalue weighted by atomic mass is 32.2. The van der Waals surface area contributed by atoms with Crippen LogP contribution in [-0.2, 0) is 14.8 Å². The van der Waals surface area contributed by atoms with Crippen molar-refractivity contribution in [3.63, 3.8) is 0 Å². The Morgan fingerprint density at radius 3 is 2.25 bits per heavy atom. The van der Waals surface area contributed by atoms with Crippen molar-refractivity contribution in [2.45, 2.75) is 39.3 Å². The smallest absolute Gasteiger partial charge is 0.237 e. The number of hydrogen-bond acceptors (Lipinski definition) is 4. The van der Waals surface area contributed by atoms with Gasteiger partial charge < -0.3 is 10.6 Å². The number of sulfonamides is 1. The van der Waals surface area contributed by atoms with Crippen molar-refractivity contribution in [2.75, 3.05) is 12.3 Å². The Morgan fingerprint density at radius 2 is 1.88 bits per heavy atom. The van der Waals surface area contributed by atoms with Gasteiger partial charge in [0, 0.05) is 12.1 Å². The van der Waals surface area contributed by atoms with Gasteiger partial charge in [-0.25, -0.2) is 13.6 Å². The first-order valence-corrected chi connectivity index (χ1v) is 6.79. The fraction of sp³-hybridized carbons (Fsp3) is 0.889. The van der Waals surface area contributed by atoms with E-state index in [4.69, 9.17) is 5.14 Å². The molecule has 6 nitrogen and oxygen atoms in total. The molecule has 0 rings (SSSR count). The van der Waals surface area contributed by atoms with E-state index in [0.717, 1.165) is 0 Å². The van der Waals surface area contributed by atoms with Crippen LogP contribution in [0.3, 0.4) is 0 Å². The Kier molecular flexibility index (Phi) is 5.37. The van der Waals surface area contributed by atoms with Crippen LogP contribution in [0.15, 0.2) is 0 Å². The fourth-order valence-electron chi connectivity index (χ4n) is 0.988. The number of carbonyl (C=O) groups excluding carboxylic acids is 1. The van der Waals surface area contributed by atoms with E-state index in [0.29, 0.717) is 0 Å². The molecule has 0 heterocycles. The average molecular weight is 251 g/mol. The number of nitrogens with two attached hydrogens (primary N) is 1. The quantitative estimate of drug-likeness (QED) is 0.593. The molecule has 0 aliphatic carbocycles. The molecule has 0 aliphatic heterocycles. The zero-order valence-electron chi connectivity index (χ0n) is 10.2. The number of carbonyl (C=O) groups is 1. The highest BCUT2D eigenvalue weighted by Crippen LogP contribution is 1.99. The predicted molar refractivity (Wildman–Crippen MR) is 63.3 cm³/mol. The number of rotatable bonds is 5. The van der Waals surface area contributed by atoms with Gasteiger partial charge in [-0.05, 0) is 27.7 Å². The van der Waals surface area contributed by atoms with Crippen LogP contribution in [0.25, 0.3) is 0 Å². The molecule has 0 radical (unpaired) electrons. The van der Waals surface area contributed by atoms with Crippen LogP contribution in [0.4, 0.5) is 0 Å². The van der Waals surface area contributed by atoms with E-state index in [2.05, 4.69) is 10.6 Å². The third kappa shape index (κ3) is 8.63. The second-order valence-corrected chi connectivity index (χ2v) is 6.52. The van der Waals surface area contributed by atoms with E-state index >= 15 is 0 Å².